The van der Waals surface area contributed by atoms with Gasteiger partial charge < -0.3 is 14.2 Å². The molecule has 2 aromatic rings. The van der Waals surface area contributed by atoms with Gasteiger partial charge in [-0.1, -0.05) is 6.07 Å². The molecule has 0 saturated carbocycles. The first kappa shape index (κ1) is 23.1. The van der Waals surface area contributed by atoms with Crippen molar-refractivity contribution in [2.45, 2.75) is 6.18 Å². The van der Waals surface area contributed by atoms with Crippen molar-refractivity contribution in [1.29, 1.82) is 0 Å². The van der Waals surface area contributed by atoms with E-state index in [1.807, 2.05) is 0 Å². The van der Waals surface area contributed by atoms with E-state index < -0.39 is 23.6 Å². The van der Waals surface area contributed by atoms with E-state index in [9.17, 15) is 22.8 Å². The quantitative estimate of drug-likeness (QED) is 0.413. The van der Waals surface area contributed by atoms with Crippen molar-refractivity contribution in [1.82, 2.24) is 5.32 Å². The van der Waals surface area contributed by atoms with Crippen LogP contribution < -0.4 is 24.4 Å². The number of methoxy groups -OCH3 is 3. The van der Waals surface area contributed by atoms with Gasteiger partial charge in [-0.05, 0) is 42.6 Å². The summed E-state index contributed by atoms with van der Waals surface area (Å²) in [4.78, 5) is 26.5. The van der Waals surface area contributed by atoms with Crippen LogP contribution in [0.4, 0.5) is 18.9 Å². The summed E-state index contributed by atoms with van der Waals surface area (Å²) in [6.07, 6.45) is -3.38. The molecule has 32 heavy (non-hydrogen) atoms. The SMILES string of the molecule is COc1cc(OC)c(OC)cc1/C=C1\C(=O)NC(=S)N(c2cccc(C(F)(F)F)c2)C1=O. The standard InChI is InChI=1S/C21H17F3N2O5S/c1-29-15-10-17(31-3)16(30-2)8-11(15)7-14-18(27)25-20(32)26(19(14)28)13-6-4-5-12(9-13)21(22,23)24/h4-10H,1-3H3,(H,25,27,32)/b14-7+. The van der Waals surface area contributed by atoms with Crippen LogP contribution >= 0.6 is 12.2 Å². The number of nitrogens with one attached hydrogen (secondary N) is 1. The van der Waals surface area contributed by atoms with Crippen molar-refractivity contribution in [3.63, 3.8) is 0 Å². The molecule has 0 unspecified atom stereocenters. The minimum atomic E-state index is -4.62. The van der Waals surface area contributed by atoms with Crippen molar-refractivity contribution in [2.75, 3.05) is 26.2 Å². The Morgan fingerprint density at radius 2 is 1.59 bits per heavy atom. The summed E-state index contributed by atoms with van der Waals surface area (Å²) in [6, 6.07) is 7.07. The second-order valence-electron chi connectivity index (χ2n) is 6.46. The number of amides is 2. The summed E-state index contributed by atoms with van der Waals surface area (Å²) in [6.45, 7) is 0. The van der Waals surface area contributed by atoms with Gasteiger partial charge in [-0.15, -0.1) is 0 Å². The van der Waals surface area contributed by atoms with E-state index >= 15 is 0 Å². The number of nitrogens with zero attached hydrogens (tertiary/aromatic N) is 1. The molecular formula is C21H17F3N2O5S. The van der Waals surface area contributed by atoms with Gasteiger partial charge in [0.15, 0.2) is 16.6 Å². The normalized spacial score (nSPS) is 15.6. The fraction of sp³-hybridized carbons (Fsp3) is 0.190. The Morgan fingerprint density at radius 3 is 2.19 bits per heavy atom. The molecule has 2 amide bonds. The van der Waals surface area contributed by atoms with Crippen LogP contribution in [0.1, 0.15) is 11.1 Å². The highest BCUT2D eigenvalue weighted by Gasteiger charge is 2.37. The van der Waals surface area contributed by atoms with Crippen molar-refractivity contribution in [2.24, 2.45) is 0 Å². The highest BCUT2D eigenvalue weighted by molar-refractivity contribution is 7.80. The molecule has 11 heteroatoms. The number of hydrogen-bond donors (Lipinski definition) is 1. The fourth-order valence-electron chi connectivity index (χ4n) is 3.03. The number of benzene rings is 2. The van der Waals surface area contributed by atoms with Crippen LogP contribution in [-0.2, 0) is 15.8 Å². The van der Waals surface area contributed by atoms with E-state index in [4.69, 9.17) is 26.4 Å². The molecule has 1 N–H and O–H groups in total. The molecule has 3 rings (SSSR count). The molecule has 0 radical (unpaired) electrons. The molecule has 2 aromatic carbocycles. The maximum absolute atomic E-state index is 13.1. The summed E-state index contributed by atoms with van der Waals surface area (Å²) < 4.78 is 55.1. The third kappa shape index (κ3) is 4.37. The predicted molar refractivity (Wildman–Crippen MR) is 114 cm³/mol. The van der Waals surface area contributed by atoms with E-state index in [1.165, 1.54) is 45.6 Å². The maximum Gasteiger partial charge on any atom is 0.416 e. The van der Waals surface area contributed by atoms with Crippen LogP contribution in [0.2, 0.25) is 0 Å². The first-order valence-corrected chi connectivity index (χ1v) is 9.40. The number of rotatable bonds is 5. The molecule has 1 aliphatic heterocycles. The molecule has 1 saturated heterocycles. The zero-order chi connectivity index (χ0) is 23.6. The number of anilines is 1. The lowest BCUT2D eigenvalue weighted by Gasteiger charge is -2.29. The topological polar surface area (TPSA) is 77.1 Å². The Kier molecular flexibility index (Phi) is 6.40. The van der Waals surface area contributed by atoms with Gasteiger partial charge in [0.05, 0.1) is 32.6 Å². The number of alkyl halides is 3. The monoisotopic (exact) mass is 466 g/mol. The number of thiocarbonyl (C=S) groups is 1. The van der Waals surface area contributed by atoms with Gasteiger partial charge in [-0.25, -0.2) is 0 Å². The Bertz CT molecular complexity index is 1130. The van der Waals surface area contributed by atoms with Crippen molar-refractivity contribution in [3.05, 3.63) is 53.1 Å². The van der Waals surface area contributed by atoms with E-state index in [2.05, 4.69) is 5.32 Å². The summed E-state index contributed by atoms with van der Waals surface area (Å²) in [7, 11) is 4.23. The molecule has 168 valence electrons. The second kappa shape index (κ2) is 8.87. The van der Waals surface area contributed by atoms with E-state index in [0.717, 1.165) is 23.1 Å². The molecule has 0 spiro atoms. The van der Waals surface area contributed by atoms with Gasteiger partial charge >= 0.3 is 6.18 Å². The summed E-state index contributed by atoms with van der Waals surface area (Å²) in [5.74, 6) is -0.753. The van der Waals surface area contributed by atoms with Crippen molar-refractivity contribution < 1.29 is 37.0 Å². The van der Waals surface area contributed by atoms with Crippen LogP contribution in [0.25, 0.3) is 6.08 Å². The Balaban J connectivity index is 2.09. The van der Waals surface area contributed by atoms with E-state index in [0.29, 0.717) is 17.1 Å². The fourth-order valence-corrected chi connectivity index (χ4v) is 3.32. The summed E-state index contributed by atoms with van der Waals surface area (Å²) in [5, 5.41) is 1.99. The van der Waals surface area contributed by atoms with Gasteiger partial charge in [0, 0.05) is 11.6 Å². The lowest BCUT2D eigenvalue weighted by molar-refractivity contribution is -0.137. The van der Waals surface area contributed by atoms with Crippen molar-refractivity contribution in [3.8, 4) is 17.2 Å². The first-order chi connectivity index (χ1) is 15.1. The Hall–Kier alpha value is -3.60. The minimum Gasteiger partial charge on any atom is -0.496 e. The molecule has 1 heterocycles. The molecular weight excluding hydrogens is 449 g/mol. The number of ether oxygens (including phenoxy) is 3. The second-order valence-corrected chi connectivity index (χ2v) is 6.84. The number of hydrogen-bond acceptors (Lipinski definition) is 6. The minimum absolute atomic E-state index is 0.139. The molecule has 0 bridgehead atoms. The lowest BCUT2D eigenvalue weighted by Crippen LogP contribution is -2.54. The Morgan fingerprint density at radius 1 is 0.969 bits per heavy atom. The maximum atomic E-state index is 13.1. The molecule has 7 nitrogen and oxygen atoms in total. The smallest absolute Gasteiger partial charge is 0.416 e. The Labute approximate surface area is 186 Å². The molecule has 0 aromatic heterocycles. The number of carbonyl (C=O) groups excluding carboxylic acids is 2. The zero-order valence-corrected chi connectivity index (χ0v) is 17.9. The molecule has 0 atom stereocenters. The predicted octanol–water partition coefficient (Wildman–Crippen LogP) is 3.56. The van der Waals surface area contributed by atoms with Crippen LogP contribution in [0.15, 0.2) is 42.0 Å². The summed E-state index contributed by atoms with van der Waals surface area (Å²) in [5.41, 5.74) is -1.16. The summed E-state index contributed by atoms with van der Waals surface area (Å²) >= 11 is 5.04. The average molecular weight is 466 g/mol. The first-order valence-electron chi connectivity index (χ1n) is 8.99. The molecule has 1 aliphatic rings. The van der Waals surface area contributed by atoms with Crippen LogP contribution in [-0.4, -0.2) is 38.3 Å². The number of carbonyl (C=O) groups is 2. The van der Waals surface area contributed by atoms with E-state index in [1.54, 1.807) is 0 Å². The van der Waals surface area contributed by atoms with Gasteiger partial charge in [0.2, 0.25) is 0 Å². The zero-order valence-electron chi connectivity index (χ0n) is 17.1. The molecule has 0 aliphatic carbocycles. The van der Waals surface area contributed by atoms with Crippen LogP contribution in [0.5, 0.6) is 17.2 Å². The highest BCUT2D eigenvalue weighted by Crippen LogP contribution is 2.37. The average Bonchev–Trinajstić information content (AvgIpc) is 2.75. The van der Waals surface area contributed by atoms with Gasteiger partial charge in [0.25, 0.3) is 11.8 Å². The van der Waals surface area contributed by atoms with Gasteiger partial charge in [-0.3, -0.25) is 19.8 Å². The molecule has 1 fully saturated rings. The van der Waals surface area contributed by atoms with E-state index in [-0.39, 0.29) is 22.1 Å². The van der Waals surface area contributed by atoms with Crippen molar-refractivity contribution >= 4 is 40.9 Å². The van der Waals surface area contributed by atoms with Crippen LogP contribution in [0, 0.1) is 0 Å². The largest absolute Gasteiger partial charge is 0.496 e. The highest BCUT2D eigenvalue weighted by atomic mass is 32.1. The lowest BCUT2D eigenvalue weighted by atomic mass is 10.0. The van der Waals surface area contributed by atoms with Crippen LogP contribution in [0.3, 0.4) is 0 Å². The van der Waals surface area contributed by atoms with Gasteiger partial charge in [0.1, 0.15) is 11.3 Å². The third-order valence-electron chi connectivity index (χ3n) is 4.57. The third-order valence-corrected chi connectivity index (χ3v) is 4.85. The van der Waals surface area contributed by atoms with Gasteiger partial charge in [-0.2, -0.15) is 13.2 Å². The number of halogens is 3.